The van der Waals surface area contributed by atoms with Gasteiger partial charge >= 0.3 is 0 Å². The van der Waals surface area contributed by atoms with Gasteiger partial charge in [-0.25, -0.2) is 0 Å². The van der Waals surface area contributed by atoms with Crippen LogP contribution in [0.3, 0.4) is 0 Å². The van der Waals surface area contributed by atoms with Crippen LogP contribution in [0.5, 0.6) is 0 Å². The number of fused-ring (bicyclic) bond motifs is 1. The summed E-state index contributed by atoms with van der Waals surface area (Å²) in [6.07, 6.45) is 0.221. The second-order valence-corrected chi connectivity index (χ2v) is 7.95. The molecule has 134 valence electrons. The molecule has 0 saturated carbocycles. The summed E-state index contributed by atoms with van der Waals surface area (Å²) in [5.74, 6) is 0.956. The van der Waals surface area contributed by atoms with E-state index < -0.39 is 0 Å². The molecule has 4 rings (SSSR count). The maximum Gasteiger partial charge on any atom is 0.134 e. The second kappa shape index (κ2) is 7.70. The van der Waals surface area contributed by atoms with Crippen molar-refractivity contribution in [2.45, 2.75) is 17.2 Å². The van der Waals surface area contributed by atoms with Crippen molar-refractivity contribution >= 4 is 28.2 Å². The van der Waals surface area contributed by atoms with Gasteiger partial charge in [-0.05, 0) is 40.6 Å². The predicted molar refractivity (Wildman–Crippen MR) is 111 cm³/mol. The first-order valence-corrected chi connectivity index (χ1v) is 9.95. The predicted octanol–water partition coefficient (Wildman–Crippen LogP) is 4.69. The number of nitrogens with one attached hydrogen (secondary N) is 1. The fraction of sp³-hybridized carbons (Fsp3) is 0.273. The van der Waals surface area contributed by atoms with Crippen LogP contribution in [0.15, 0.2) is 71.6 Å². The van der Waals surface area contributed by atoms with E-state index in [1.54, 1.807) is 0 Å². The zero-order chi connectivity index (χ0) is 17.9. The second-order valence-electron chi connectivity index (χ2n) is 6.85. The molecule has 26 heavy (non-hydrogen) atoms. The van der Waals surface area contributed by atoms with Gasteiger partial charge in [0.1, 0.15) is 6.23 Å². The summed E-state index contributed by atoms with van der Waals surface area (Å²) in [5, 5.41) is 6.07. The maximum absolute atomic E-state index is 6.21. The Labute approximate surface area is 159 Å². The van der Waals surface area contributed by atoms with E-state index in [1.807, 2.05) is 11.8 Å². The molecule has 1 aliphatic rings. The minimum absolute atomic E-state index is 0.00610. The zero-order valence-electron chi connectivity index (χ0n) is 15.2. The van der Waals surface area contributed by atoms with E-state index in [2.05, 4.69) is 91.0 Å². The van der Waals surface area contributed by atoms with Crippen LogP contribution in [0, 0.1) is 0 Å². The Hall–Kier alpha value is -2.01. The molecule has 0 aliphatic carbocycles. The lowest BCUT2D eigenvalue weighted by Crippen LogP contribution is -2.16. The van der Waals surface area contributed by atoms with E-state index in [4.69, 9.17) is 4.74 Å². The number of hydrogen-bond donors (Lipinski definition) is 1. The van der Waals surface area contributed by atoms with Crippen LogP contribution >= 0.6 is 11.8 Å². The molecule has 1 aliphatic heterocycles. The number of hydrogen-bond acceptors (Lipinski definition) is 4. The van der Waals surface area contributed by atoms with Gasteiger partial charge in [0.25, 0.3) is 0 Å². The van der Waals surface area contributed by atoms with E-state index in [-0.39, 0.29) is 12.3 Å². The van der Waals surface area contributed by atoms with Gasteiger partial charge in [0.15, 0.2) is 0 Å². The van der Waals surface area contributed by atoms with Crippen molar-refractivity contribution in [3.8, 4) is 0 Å². The average molecular weight is 365 g/mol. The Morgan fingerprint density at radius 3 is 2.54 bits per heavy atom. The van der Waals surface area contributed by atoms with Crippen LogP contribution < -0.4 is 10.2 Å². The van der Waals surface area contributed by atoms with Crippen molar-refractivity contribution in [2.24, 2.45) is 0 Å². The molecule has 3 aromatic carbocycles. The van der Waals surface area contributed by atoms with Gasteiger partial charge in [-0.3, -0.25) is 5.32 Å². The Morgan fingerprint density at radius 1 is 1.00 bits per heavy atom. The standard InChI is InChI=1S/C22H24N2OS/c1-24(2)19-10-7-17(8-11-19)22-23-14-20(25-22)15-26-21-12-9-16-5-3-4-6-18(16)13-21/h3-13,20,22-23H,14-15H2,1-2H3/t20-,22-/m0/s1. The SMILES string of the molecule is CN(C)c1ccc([C@H]2NC[C@@H](CSc3ccc4ccccc4c3)O2)cc1. The molecule has 0 spiro atoms. The molecule has 0 radical (unpaired) electrons. The molecule has 3 nitrogen and oxygen atoms in total. The molecule has 1 N–H and O–H groups in total. The number of anilines is 1. The van der Waals surface area contributed by atoms with E-state index in [0.717, 1.165) is 12.3 Å². The van der Waals surface area contributed by atoms with E-state index in [1.165, 1.54) is 26.9 Å². The molecule has 1 fully saturated rings. The summed E-state index contributed by atoms with van der Waals surface area (Å²) in [4.78, 5) is 3.40. The highest BCUT2D eigenvalue weighted by Crippen LogP contribution is 2.28. The molecule has 0 bridgehead atoms. The lowest BCUT2D eigenvalue weighted by Gasteiger charge is -2.16. The van der Waals surface area contributed by atoms with Crippen LogP contribution in [0.1, 0.15) is 11.8 Å². The Morgan fingerprint density at radius 2 is 1.77 bits per heavy atom. The van der Waals surface area contributed by atoms with E-state index >= 15 is 0 Å². The quantitative estimate of drug-likeness (QED) is 0.664. The van der Waals surface area contributed by atoms with Crippen molar-refractivity contribution in [2.75, 3.05) is 31.3 Å². The maximum atomic E-state index is 6.21. The monoisotopic (exact) mass is 364 g/mol. The number of thioether (sulfide) groups is 1. The number of benzene rings is 3. The summed E-state index contributed by atoms with van der Waals surface area (Å²) in [5.41, 5.74) is 2.39. The highest BCUT2D eigenvalue weighted by Gasteiger charge is 2.25. The van der Waals surface area contributed by atoms with Crippen LogP contribution in [0.2, 0.25) is 0 Å². The van der Waals surface area contributed by atoms with E-state index in [0.29, 0.717) is 0 Å². The van der Waals surface area contributed by atoms with Gasteiger partial charge in [-0.2, -0.15) is 0 Å². The van der Waals surface area contributed by atoms with Crippen LogP contribution in [0.4, 0.5) is 5.69 Å². The third-order valence-electron chi connectivity index (χ3n) is 4.73. The van der Waals surface area contributed by atoms with Crippen molar-refractivity contribution in [3.05, 3.63) is 72.3 Å². The molecule has 1 heterocycles. The van der Waals surface area contributed by atoms with Crippen LogP contribution in [-0.2, 0) is 4.74 Å². The molecular weight excluding hydrogens is 340 g/mol. The average Bonchev–Trinajstić information content (AvgIpc) is 3.15. The number of rotatable bonds is 5. The molecule has 3 aromatic rings. The largest absolute Gasteiger partial charge is 0.378 e. The lowest BCUT2D eigenvalue weighted by atomic mass is 10.1. The number of nitrogens with zero attached hydrogens (tertiary/aromatic N) is 1. The molecule has 2 atom stereocenters. The fourth-order valence-corrected chi connectivity index (χ4v) is 4.16. The third kappa shape index (κ3) is 3.88. The highest BCUT2D eigenvalue weighted by atomic mass is 32.2. The van der Waals surface area contributed by atoms with Gasteiger partial charge in [-0.1, -0.05) is 42.5 Å². The minimum Gasteiger partial charge on any atom is -0.378 e. The van der Waals surface area contributed by atoms with Crippen molar-refractivity contribution in [1.29, 1.82) is 0 Å². The van der Waals surface area contributed by atoms with E-state index in [9.17, 15) is 0 Å². The van der Waals surface area contributed by atoms with Crippen LogP contribution in [-0.4, -0.2) is 32.5 Å². The molecule has 0 unspecified atom stereocenters. The summed E-state index contributed by atoms with van der Waals surface area (Å²) in [6.45, 7) is 0.890. The first-order chi connectivity index (χ1) is 12.7. The van der Waals surface area contributed by atoms with Crippen molar-refractivity contribution in [3.63, 3.8) is 0 Å². The zero-order valence-corrected chi connectivity index (χ0v) is 16.0. The van der Waals surface area contributed by atoms with Crippen LogP contribution in [0.25, 0.3) is 10.8 Å². The summed E-state index contributed by atoms with van der Waals surface area (Å²) in [6, 6.07) is 23.7. The highest BCUT2D eigenvalue weighted by molar-refractivity contribution is 7.99. The van der Waals surface area contributed by atoms with Gasteiger partial charge in [-0.15, -0.1) is 11.8 Å². The van der Waals surface area contributed by atoms with Gasteiger partial charge in [0.2, 0.25) is 0 Å². The molecule has 0 amide bonds. The summed E-state index contributed by atoms with van der Waals surface area (Å²) < 4.78 is 6.21. The van der Waals surface area contributed by atoms with Gasteiger partial charge in [0.05, 0.1) is 6.10 Å². The fourth-order valence-electron chi connectivity index (χ4n) is 3.22. The third-order valence-corrected chi connectivity index (χ3v) is 5.85. The minimum atomic E-state index is -0.00610. The topological polar surface area (TPSA) is 24.5 Å². The molecule has 0 aromatic heterocycles. The van der Waals surface area contributed by atoms with Gasteiger partial charge in [0, 0.05) is 37.0 Å². The summed E-state index contributed by atoms with van der Waals surface area (Å²) >= 11 is 1.86. The van der Waals surface area contributed by atoms with Crippen molar-refractivity contribution in [1.82, 2.24) is 5.32 Å². The lowest BCUT2D eigenvalue weighted by molar-refractivity contribution is 0.0535. The Balaban J connectivity index is 1.35. The van der Waals surface area contributed by atoms with Gasteiger partial charge < -0.3 is 9.64 Å². The summed E-state index contributed by atoms with van der Waals surface area (Å²) in [7, 11) is 4.11. The molecule has 1 saturated heterocycles. The van der Waals surface area contributed by atoms with Crippen molar-refractivity contribution < 1.29 is 4.74 Å². The first kappa shape index (κ1) is 17.4. The normalized spacial score (nSPS) is 19.8. The molecule has 4 heteroatoms. The first-order valence-electron chi connectivity index (χ1n) is 8.97. The molecular formula is C22H24N2OS. The Bertz CT molecular complexity index is 879. The Kier molecular flexibility index (Phi) is 5.16. The number of ether oxygens (including phenoxy) is 1. The smallest absolute Gasteiger partial charge is 0.134 e.